The van der Waals surface area contributed by atoms with Crippen LogP contribution in [0.3, 0.4) is 0 Å². The van der Waals surface area contributed by atoms with Crippen LogP contribution in [0, 0.1) is 6.92 Å². The Kier molecular flexibility index (Phi) is 1.33. The second-order valence-corrected chi connectivity index (χ2v) is 3.05. The number of hydrogen-bond acceptors (Lipinski definition) is 2. The third kappa shape index (κ3) is 0.863. The molecule has 0 atom stereocenters. The van der Waals surface area contributed by atoms with E-state index >= 15 is 0 Å². The van der Waals surface area contributed by atoms with E-state index in [1.807, 2.05) is 19.1 Å². The number of rotatable bonds is 0. The Bertz CT molecular complexity index is 325. The molecule has 0 saturated heterocycles. The van der Waals surface area contributed by atoms with Crippen molar-refractivity contribution < 1.29 is 4.79 Å². The lowest BCUT2D eigenvalue weighted by molar-refractivity contribution is -0.115. The molecule has 1 aliphatic rings. The van der Waals surface area contributed by atoms with Gasteiger partial charge in [-0.1, -0.05) is 6.07 Å². The number of benzene rings is 1. The molecule has 0 bridgehead atoms. The van der Waals surface area contributed by atoms with E-state index in [4.69, 9.17) is 5.73 Å². The van der Waals surface area contributed by atoms with Crippen molar-refractivity contribution >= 4 is 17.3 Å². The predicted octanol–water partition coefficient (Wildman–Crippen LogP) is 1.07. The number of aryl methyl sites for hydroxylation is 1. The summed E-state index contributed by atoms with van der Waals surface area (Å²) in [7, 11) is 0. The predicted molar refractivity (Wildman–Crippen MR) is 47.9 cm³/mol. The average Bonchev–Trinajstić information content (AvgIpc) is 2.41. The molecule has 12 heavy (non-hydrogen) atoms. The molecule has 1 aromatic carbocycles. The molecule has 0 saturated carbocycles. The summed E-state index contributed by atoms with van der Waals surface area (Å²) in [4.78, 5) is 11.0. The fraction of sp³-hybridized carbons (Fsp3) is 0.222. The monoisotopic (exact) mass is 162 g/mol. The summed E-state index contributed by atoms with van der Waals surface area (Å²) in [6.07, 6.45) is 0.464. The molecule has 62 valence electrons. The Balaban J connectivity index is 2.64. The molecule has 3 heteroatoms. The zero-order chi connectivity index (χ0) is 8.72. The standard InChI is InChI=1S/C9H10N2O/c1-5-2-3-7(10)9-6(5)4-8(12)11-9/h2-3H,4,10H2,1H3,(H,11,12). The molecule has 0 aliphatic carbocycles. The largest absolute Gasteiger partial charge is 0.397 e. The smallest absolute Gasteiger partial charge is 0.228 e. The van der Waals surface area contributed by atoms with Gasteiger partial charge in [-0.2, -0.15) is 0 Å². The van der Waals surface area contributed by atoms with Crippen LogP contribution in [-0.2, 0) is 11.2 Å². The summed E-state index contributed by atoms with van der Waals surface area (Å²) < 4.78 is 0. The van der Waals surface area contributed by atoms with E-state index in [1.54, 1.807) is 0 Å². The van der Waals surface area contributed by atoms with E-state index in [0.717, 1.165) is 16.8 Å². The fourth-order valence-corrected chi connectivity index (χ4v) is 1.49. The van der Waals surface area contributed by atoms with E-state index in [2.05, 4.69) is 5.32 Å². The average molecular weight is 162 g/mol. The van der Waals surface area contributed by atoms with Gasteiger partial charge in [-0.05, 0) is 24.1 Å². The molecular formula is C9H10N2O. The highest BCUT2D eigenvalue weighted by atomic mass is 16.1. The second kappa shape index (κ2) is 2.24. The molecule has 0 radical (unpaired) electrons. The van der Waals surface area contributed by atoms with Gasteiger partial charge in [0, 0.05) is 0 Å². The normalized spacial score (nSPS) is 14.2. The number of nitrogens with one attached hydrogen (secondary N) is 1. The van der Waals surface area contributed by atoms with Crippen LogP contribution in [0.1, 0.15) is 11.1 Å². The summed E-state index contributed by atoms with van der Waals surface area (Å²) in [5, 5.41) is 2.74. The van der Waals surface area contributed by atoms with Crippen molar-refractivity contribution in [3.63, 3.8) is 0 Å². The Labute approximate surface area is 70.6 Å². The van der Waals surface area contributed by atoms with Gasteiger partial charge in [-0.15, -0.1) is 0 Å². The van der Waals surface area contributed by atoms with Gasteiger partial charge in [0.1, 0.15) is 0 Å². The van der Waals surface area contributed by atoms with Crippen molar-refractivity contribution in [3.8, 4) is 0 Å². The molecule has 3 N–H and O–H groups in total. The van der Waals surface area contributed by atoms with E-state index in [1.165, 1.54) is 0 Å². The van der Waals surface area contributed by atoms with E-state index < -0.39 is 0 Å². The number of hydrogen-bond donors (Lipinski definition) is 2. The molecule has 3 nitrogen and oxygen atoms in total. The van der Waals surface area contributed by atoms with Crippen molar-refractivity contribution in [1.82, 2.24) is 0 Å². The molecule has 2 rings (SSSR count). The van der Waals surface area contributed by atoms with Crippen LogP contribution in [0.25, 0.3) is 0 Å². The summed E-state index contributed by atoms with van der Waals surface area (Å²) in [6.45, 7) is 1.98. The first-order valence-electron chi connectivity index (χ1n) is 3.86. The zero-order valence-electron chi connectivity index (χ0n) is 6.85. The van der Waals surface area contributed by atoms with Crippen LogP contribution in [-0.4, -0.2) is 5.91 Å². The molecule has 1 aliphatic heterocycles. The lowest BCUT2D eigenvalue weighted by Crippen LogP contribution is -2.04. The van der Waals surface area contributed by atoms with Crippen molar-refractivity contribution in [1.29, 1.82) is 0 Å². The number of fused-ring (bicyclic) bond motifs is 1. The molecule has 0 aromatic heterocycles. The van der Waals surface area contributed by atoms with Gasteiger partial charge in [0.25, 0.3) is 0 Å². The minimum absolute atomic E-state index is 0.0333. The molecule has 1 aromatic rings. The quantitative estimate of drug-likeness (QED) is 0.561. The first-order chi connectivity index (χ1) is 5.68. The van der Waals surface area contributed by atoms with Gasteiger partial charge < -0.3 is 11.1 Å². The number of anilines is 2. The lowest BCUT2D eigenvalue weighted by Gasteiger charge is -2.04. The highest BCUT2D eigenvalue weighted by molar-refractivity contribution is 6.03. The van der Waals surface area contributed by atoms with Gasteiger partial charge in [-0.3, -0.25) is 4.79 Å². The van der Waals surface area contributed by atoms with Crippen LogP contribution >= 0.6 is 0 Å². The molecule has 0 unspecified atom stereocenters. The highest BCUT2D eigenvalue weighted by Crippen LogP contribution is 2.31. The summed E-state index contributed by atoms with van der Waals surface area (Å²) in [5.74, 6) is 0.0333. The molecule has 0 spiro atoms. The Morgan fingerprint density at radius 2 is 2.25 bits per heavy atom. The van der Waals surface area contributed by atoms with Gasteiger partial charge in [0.2, 0.25) is 5.91 Å². The van der Waals surface area contributed by atoms with Crippen molar-refractivity contribution in [2.24, 2.45) is 0 Å². The van der Waals surface area contributed by atoms with E-state index in [-0.39, 0.29) is 5.91 Å². The Morgan fingerprint density at radius 1 is 1.50 bits per heavy atom. The van der Waals surface area contributed by atoms with Crippen molar-refractivity contribution in [3.05, 3.63) is 23.3 Å². The molecule has 1 amide bonds. The maximum absolute atomic E-state index is 11.0. The second-order valence-electron chi connectivity index (χ2n) is 3.05. The Hall–Kier alpha value is -1.51. The fourth-order valence-electron chi connectivity index (χ4n) is 1.49. The van der Waals surface area contributed by atoms with Crippen LogP contribution in [0.4, 0.5) is 11.4 Å². The topological polar surface area (TPSA) is 55.1 Å². The van der Waals surface area contributed by atoms with Gasteiger partial charge >= 0.3 is 0 Å². The SMILES string of the molecule is Cc1ccc(N)c2c1CC(=O)N2. The molecule has 1 heterocycles. The summed E-state index contributed by atoms with van der Waals surface area (Å²) >= 11 is 0. The first-order valence-corrected chi connectivity index (χ1v) is 3.86. The van der Waals surface area contributed by atoms with Crippen molar-refractivity contribution in [2.75, 3.05) is 11.1 Å². The maximum atomic E-state index is 11.0. The highest BCUT2D eigenvalue weighted by Gasteiger charge is 2.20. The minimum atomic E-state index is 0.0333. The van der Waals surface area contributed by atoms with Crippen LogP contribution < -0.4 is 11.1 Å². The number of nitrogens with two attached hydrogens (primary N) is 1. The maximum Gasteiger partial charge on any atom is 0.228 e. The molecule has 0 fully saturated rings. The summed E-state index contributed by atoms with van der Waals surface area (Å²) in [5.41, 5.74) is 9.31. The lowest BCUT2D eigenvalue weighted by atomic mass is 10.1. The summed E-state index contributed by atoms with van der Waals surface area (Å²) in [6, 6.07) is 3.76. The van der Waals surface area contributed by atoms with Crippen LogP contribution in [0.5, 0.6) is 0 Å². The number of nitrogen functional groups attached to an aromatic ring is 1. The van der Waals surface area contributed by atoms with Crippen LogP contribution in [0.15, 0.2) is 12.1 Å². The zero-order valence-corrected chi connectivity index (χ0v) is 6.85. The van der Waals surface area contributed by atoms with Gasteiger partial charge in [0.15, 0.2) is 0 Å². The number of carbonyl (C=O) groups is 1. The minimum Gasteiger partial charge on any atom is -0.397 e. The first kappa shape index (κ1) is 7.16. The van der Waals surface area contributed by atoms with Crippen LogP contribution in [0.2, 0.25) is 0 Å². The third-order valence-corrected chi connectivity index (χ3v) is 2.18. The number of amides is 1. The molecular weight excluding hydrogens is 152 g/mol. The Morgan fingerprint density at radius 3 is 2.92 bits per heavy atom. The van der Waals surface area contributed by atoms with Gasteiger partial charge in [0.05, 0.1) is 17.8 Å². The van der Waals surface area contributed by atoms with Gasteiger partial charge in [-0.25, -0.2) is 0 Å². The van der Waals surface area contributed by atoms with E-state index in [9.17, 15) is 4.79 Å². The third-order valence-electron chi connectivity index (χ3n) is 2.18. The number of carbonyl (C=O) groups excluding carboxylic acids is 1. The van der Waals surface area contributed by atoms with E-state index in [0.29, 0.717) is 12.1 Å². The van der Waals surface area contributed by atoms with Crippen molar-refractivity contribution in [2.45, 2.75) is 13.3 Å².